The molecule has 0 aromatic carbocycles. The van der Waals surface area contributed by atoms with Gasteiger partial charge in [-0.15, -0.1) is 10.2 Å². The van der Waals surface area contributed by atoms with Crippen molar-refractivity contribution < 1.29 is 9.32 Å². The summed E-state index contributed by atoms with van der Waals surface area (Å²) in [5, 5.41) is 14.5. The van der Waals surface area contributed by atoms with E-state index in [-0.39, 0.29) is 5.91 Å². The zero-order chi connectivity index (χ0) is 16.1. The zero-order valence-electron chi connectivity index (χ0n) is 12.9. The number of aromatic nitrogens is 5. The van der Waals surface area contributed by atoms with Crippen LogP contribution in [0.4, 0.5) is 5.69 Å². The second-order valence-corrected chi connectivity index (χ2v) is 5.27. The molecule has 120 valence electrons. The van der Waals surface area contributed by atoms with Crippen molar-refractivity contribution in [2.45, 2.75) is 39.0 Å². The van der Waals surface area contributed by atoms with E-state index < -0.39 is 0 Å². The highest BCUT2D eigenvalue weighted by Gasteiger charge is 2.08. The topological polar surface area (TPSA) is 98.2 Å². The number of hydrogen-bond donors (Lipinski definition) is 1. The molecule has 3 heterocycles. The Kier molecular flexibility index (Phi) is 4.60. The number of pyridine rings is 1. The Hall–Kier alpha value is -2.77. The molecule has 0 unspecified atom stereocenters. The van der Waals surface area contributed by atoms with Gasteiger partial charge < -0.3 is 9.84 Å². The van der Waals surface area contributed by atoms with Crippen molar-refractivity contribution in [3.05, 3.63) is 36.4 Å². The Morgan fingerprint density at radius 3 is 3.13 bits per heavy atom. The molecule has 23 heavy (non-hydrogen) atoms. The lowest BCUT2D eigenvalue weighted by atomic mass is 10.2. The van der Waals surface area contributed by atoms with Crippen LogP contribution >= 0.6 is 0 Å². The molecule has 0 fully saturated rings. The van der Waals surface area contributed by atoms with Gasteiger partial charge in [-0.05, 0) is 25.0 Å². The predicted octanol–water partition coefficient (Wildman–Crippen LogP) is 2.03. The number of nitrogens with one attached hydrogen (secondary N) is 1. The van der Waals surface area contributed by atoms with Crippen LogP contribution in [0.5, 0.6) is 0 Å². The second kappa shape index (κ2) is 6.99. The van der Waals surface area contributed by atoms with Gasteiger partial charge in [-0.25, -0.2) is 0 Å². The van der Waals surface area contributed by atoms with Gasteiger partial charge >= 0.3 is 0 Å². The van der Waals surface area contributed by atoms with E-state index in [1.54, 1.807) is 29.1 Å². The number of hydrogen-bond acceptors (Lipinski definition) is 6. The van der Waals surface area contributed by atoms with Crippen molar-refractivity contribution in [1.82, 2.24) is 24.7 Å². The van der Waals surface area contributed by atoms with Gasteiger partial charge in [0.05, 0.1) is 5.69 Å². The van der Waals surface area contributed by atoms with E-state index in [1.165, 1.54) is 0 Å². The number of nitrogens with zero attached hydrogens (tertiary/aromatic N) is 5. The van der Waals surface area contributed by atoms with Crippen LogP contribution in [0.2, 0.25) is 0 Å². The highest BCUT2D eigenvalue weighted by Crippen LogP contribution is 2.10. The van der Waals surface area contributed by atoms with Gasteiger partial charge in [0.15, 0.2) is 11.5 Å². The minimum atomic E-state index is -0.0503. The molecule has 0 atom stereocenters. The highest BCUT2D eigenvalue weighted by molar-refractivity contribution is 5.90. The normalized spacial score (nSPS) is 11.0. The second-order valence-electron chi connectivity index (χ2n) is 5.27. The molecule has 0 bridgehead atoms. The quantitative estimate of drug-likeness (QED) is 0.716. The Morgan fingerprint density at radius 2 is 2.26 bits per heavy atom. The van der Waals surface area contributed by atoms with Gasteiger partial charge in [0.25, 0.3) is 0 Å². The zero-order valence-corrected chi connectivity index (χ0v) is 12.9. The first kappa shape index (κ1) is 15.1. The summed E-state index contributed by atoms with van der Waals surface area (Å²) < 4.78 is 6.90. The smallest absolute Gasteiger partial charge is 0.226 e. The average molecular weight is 314 g/mol. The molecule has 0 saturated carbocycles. The lowest BCUT2D eigenvalue weighted by Gasteiger charge is -2.04. The Bertz CT molecular complexity index is 794. The van der Waals surface area contributed by atoms with Crippen molar-refractivity contribution in [3.8, 4) is 0 Å². The fourth-order valence-electron chi connectivity index (χ4n) is 2.24. The minimum absolute atomic E-state index is 0.0503. The SMILES string of the molecule is CCCc1noc(CCCC(=O)Nc2ccc3nncn3c2)n1. The Balaban J connectivity index is 1.47. The van der Waals surface area contributed by atoms with Gasteiger partial charge in [-0.2, -0.15) is 4.98 Å². The van der Waals surface area contributed by atoms with Crippen LogP contribution in [-0.2, 0) is 17.6 Å². The molecule has 8 nitrogen and oxygen atoms in total. The first-order valence-electron chi connectivity index (χ1n) is 7.65. The molecular formula is C15H18N6O2. The van der Waals surface area contributed by atoms with E-state index in [0.717, 1.165) is 24.3 Å². The molecule has 3 aromatic heterocycles. The van der Waals surface area contributed by atoms with E-state index in [2.05, 4.69) is 32.6 Å². The summed E-state index contributed by atoms with van der Waals surface area (Å²) in [4.78, 5) is 16.2. The average Bonchev–Trinajstić information content (AvgIpc) is 3.16. The molecule has 1 amide bonds. The number of amides is 1. The van der Waals surface area contributed by atoms with Crippen molar-refractivity contribution in [3.63, 3.8) is 0 Å². The molecular weight excluding hydrogens is 296 g/mol. The Morgan fingerprint density at radius 1 is 1.35 bits per heavy atom. The third-order valence-electron chi connectivity index (χ3n) is 3.35. The molecule has 0 saturated heterocycles. The molecule has 8 heteroatoms. The van der Waals surface area contributed by atoms with Crippen LogP contribution in [0, 0.1) is 0 Å². The van der Waals surface area contributed by atoms with Gasteiger partial charge in [-0.3, -0.25) is 9.20 Å². The first-order chi connectivity index (χ1) is 11.2. The summed E-state index contributed by atoms with van der Waals surface area (Å²) in [6, 6.07) is 3.60. The third-order valence-corrected chi connectivity index (χ3v) is 3.35. The molecule has 0 aliphatic rings. The number of anilines is 1. The van der Waals surface area contributed by atoms with E-state index in [4.69, 9.17) is 4.52 Å². The van der Waals surface area contributed by atoms with Crippen molar-refractivity contribution in [2.75, 3.05) is 5.32 Å². The van der Waals surface area contributed by atoms with Crippen LogP contribution in [0.15, 0.2) is 29.2 Å². The summed E-state index contributed by atoms with van der Waals surface area (Å²) in [6.45, 7) is 2.07. The summed E-state index contributed by atoms with van der Waals surface area (Å²) in [7, 11) is 0. The summed E-state index contributed by atoms with van der Waals surface area (Å²) in [5.74, 6) is 1.27. The lowest BCUT2D eigenvalue weighted by molar-refractivity contribution is -0.116. The van der Waals surface area contributed by atoms with E-state index in [0.29, 0.717) is 30.8 Å². The molecule has 0 aliphatic heterocycles. The van der Waals surface area contributed by atoms with E-state index >= 15 is 0 Å². The number of carbonyl (C=O) groups excluding carboxylic acids is 1. The number of aryl methyl sites for hydroxylation is 2. The van der Waals surface area contributed by atoms with Gasteiger partial charge in [0.2, 0.25) is 11.8 Å². The fraction of sp³-hybridized carbons (Fsp3) is 0.400. The van der Waals surface area contributed by atoms with Crippen LogP contribution < -0.4 is 5.32 Å². The molecule has 3 rings (SSSR count). The predicted molar refractivity (Wildman–Crippen MR) is 82.8 cm³/mol. The van der Waals surface area contributed by atoms with Gasteiger partial charge in [-0.1, -0.05) is 12.1 Å². The van der Waals surface area contributed by atoms with Gasteiger partial charge in [0, 0.05) is 25.5 Å². The number of fused-ring (bicyclic) bond motifs is 1. The lowest BCUT2D eigenvalue weighted by Crippen LogP contribution is -2.12. The van der Waals surface area contributed by atoms with Crippen molar-refractivity contribution >= 4 is 17.2 Å². The largest absolute Gasteiger partial charge is 0.339 e. The monoisotopic (exact) mass is 314 g/mol. The molecule has 3 aromatic rings. The van der Waals surface area contributed by atoms with Crippen LogP contribution in [0.1, 0.15) is 37.9 Å². The molecule has 0 spiro atoms. The highest BCUT2D eigenvalue weighted by atomic mass is 16.5. The van der Waals surface area contributed by atoms with Gasteiger partial charge in [0.1, 0.15) is 6.33 Å². The molecule has 0 aliphatic carbocycles. The first-order valence-corrected chi connectivity index (χ1v) is 7.65. The maximum Gasteiger partial charge on any atom is 0.226 e. The minimum Gasteiger partial charge on any atom is -0.339 e. The van der Waals surface area contributed by atoms with Crippen LogP contribution in [-0.4, -0.2) is 30.6 Å². The number of carbonyl (C=O) groups is 1. The number of rotatable bonds is 7. The van der Waals surface area contributed by atoms with Crippen LogP contribution in [0.3, 0.4) is 0 Å². The van der Waals surface area contributed by atoms with E-state index in [9.17, 15) is 4.79 Å². The molecule has 0 radical (unpaired) electrons. The molecule has 1 N–H and O–H groups in total. The third kappa shape index (κ3) is 3.91. The summed E-state index contributed by atoms with van der Waals surface area (Å²) in [6.07, 6.45) is 6.83. The van der Waals surface area contributed by atoms with Crippen molar-refractivity contribution in [2.24, 2.45) is 0 Å². The summed E-state index contributed by atoms with van der Waals surface area (Å²) in [5.41, 5.74) is 1.45. The van der Waals surface area contributed by atoms with Crippen LogP contribution in [0.25, 0.3) is 5.65 Å². The van der Waals surface area contributed by atoms with Crippen molar-refractivity contribution in [1.29, 1.82) is 0 Å². The maximum atomic E-state index is 12.0. The summed E-state index contributed by atoms with van der Waals surface area (Å²) >= 11 is 0. The fourth-order valence-corrected chi connectivity index (χ4v) is 2.24. The van der Waals surface area contributed by atoms with E-state index in [1.807, 2.05) is 0 Å². The standard InChI is InChI=1S/C15H18N6O2/c1-2-4-12-18-15(23-20-12)6-3-5-14(22)17-11-7-8-13-19-16-10-21(13)9-11/h7-10H,2-6H2,1H3,(H,17,22). The maximum absolute atomic E-state index is 12.0. The Labute approximate surface area is 132 Å².